The van der Waals surface area contributed by atoms with Crippen LogP contribution in [0.15, 0.2) is 88.5 Å². The third kappa shape index (κ3) is 3.59. The molecule has 0 aliphatic carbocycles. The Kier molecular flexibility index (Phi) is 4.69. The van der Waals surface area contributed by atoms with E-state index in [1.54, 1.807) is 24.6 Å². The van der Waals surface area contributed by atoms with Crippen molar-refractivity contribution < 1.29 is 13.0 Å². The Morgan fingerprint density at radius 3 is 2.11 bits per heavy atom. The summed E-state index contributed by atoms with van der Waals surface area (Å²) in [6.45, 7) is 0. The number of aromatic nitrogens is 1. The van der Waals surface area contributed by atoms with E-state index >= 15 is 0 Å². The Balaban J connectivity index is 1.87. The summed E-state index contributed by atoms with van der Waals surface area (Å²) in [6, 6.07) is 19.9. The maximum Gasteiger partial charge on any atom is 0.225 e. The highest BCUT2D eigenvalue weighted by Crippen LogP contribution is 2.35. The quantitative estimate of drug-likeness (QED) is 0.468. The van der Waals surface area contributed by atoms with Crippen LogP contribution in [0.3, 0.4) is 0 Å². The monoisotopic (exact) mass is 377 g/mol. The molecule has 1 unspecified atom stereocenters. The minimum Gasteiger partial charge on any atom is -0.445 e. The molecule has 4 rings (SSSR count). The van der Waals surface area contributed by atoms with Crippen molar-refractivity contribution in [2.24, 2.45) is 0 Å². The summed E-state index contributed by atoms with van der Waals surface area (Å²) in [5.41, 5.74) is 4.65. The molecule has 0 amide bonds. The van der Waals surface area contributed by atoms with Gasteiger partial charge < -0.3 is 4.42 Å². The fourth-order valence-electron chi connectivity index (χ4n) is 2.99. The van der Waals surface area contributed by atoms with Crippen molar-refractivity contribution in [3.05, 3.63) is 85.0 Å². The van der Waals surface area contributed by atoms with Gasteiger partial charge in [-0.05, 0) is 58.7 Å². The van der Waals surface area contributed by atoms with Gasteiger partial charge in [-0.3, -0.25) is 4.21 Å². The minimum absolute atomic E-state index is 0.279. The largest absolute Gasteiger partial charge is 0.445 e. The Morgan fingerprint density at radius 1 is 0.852 bits per heavy atom. The van der Waals surface area contributed by atoms with E-state index < -0.39 is 10.8 Å². The molecule has 0 fully saturated rings. The van der Waals surface area contributed by atoms with E-state index in [4.69, 9.17) is 4.42 Å². The van der Waals surface area contributed by atoms with Gasteiger partial charge in [0.05, 0.1) is 6.20 Å². The van der Waals surface area contributed by atoms with Crippen LogP contribution < -0.4 is 0 Å². The summed E-state index contributed by atoms with van der Waals surface area (Å²) in [6.07, 6.45) is 4.79. The smallest absolute Gasteiger partial charge is 0.225 e. The predicted octanol–water partition coefficient (Wildman–Crippen LogP) is 5.55. The molecule has 5 heteroatoms. The average Bonchev–Trinajstić information content (AvgIpc) is 3.23. The van der Waals surface area contributed by atoms with Crippen LogP contribution >= 0.6 is 0 Å². The topological polar surface area (TPSA) is 43.1 Å². The zero-order chi connectivity index (χ0) is 18.8. The van der Waals surface area contributed by atoms with E-state index in [1.807, 2.05) is 42.5 Å². The predicted molar refractivity (Wildman–Crippen MR) is 105 cm³/mol. The molecule has 1 atom stereocenters. The maximum atomic E-state index is 13.4. The molecule has 134 valence electrons. The van der Waals surface area contributed by atoms with Crippen LogP contribution in [0.2, 0.25) is 0 Å². The highest BCUT2D eigenvalue weighted by Gasteiger charge is 2.12. The lowest BCUT2D eigenvalue weighted by Gasteiger charge is -2.12. The van der Waals surface area contributed by atoms with Gasteiger partial charge in [-0.2, -0.15) is 0 Å². The minimum atomic E-state index is -1.02. The van der Waals surface area contributed by atoms with Crippen LogP contribution in [-0.2, 0) is 10.8 Å². The Bertz CT molecular complexity index is 1090. The van der Waals surface area contributed by atoms with Gasteiger partial charge in [0.2, 0.25) is 5.89 Å². The van der Waals surface area contributed by atoms with Crippen LogP contribution in [0.25, 0.3) is 33.7 Å². The molecule has 0 aliphatic rings. The van der Waals surface area contributed by atoms with E-state index in [0.717, 1.165) is 32.7 Å². The summed E-state index contributed by atoms with van der Waals surface area (Å²) in [4.78, 5) is 4.98. The van der Waals surface area contributed by atoms with Gasteiger partial charge in [-0.15, -0.1) is 0 Å². The first kappa shape index (κ1) is 17.4. The van der Waals surface area contributed by atoms with E-state index in [0.29, 0.717) is 5.89 Å². The van der Waals surface area contributed by atoms with Crippen LogP contribution in [-0.4, -0.2) is 15.4 Å². The van der Waals surface area contributed by atoms with E-state index in [-0.39, 0.29) is 5.82 Å². The van der Waals surface area contributed by atoms with Gasteiger partial charge in [0.15, 0.2) is 0 Å². The van der Waals surface area contributed by atoms with Crippen molar-refractivity contribution in [2.75, 3.05) is 6.26 Å². The number of hydrogen-bond acceptors (Lipinski definition) is 3. The Morgan fingerprint density at radius 2 is 1.48 bits per heavy atom. The Labute approximate surface area is 159 Å². The van der Waals surface area contributed by atoms with Crippen molar-refractivity contribution >= 4 is 10.8 Å². The number of nitrogens with zero attached hydrogens (tertiary/aromatic N) is 1. The fourth-order valence-corrected chi connectivity index (χ4v) is 3.51. The van der Waals surface area contributed by atoms with Crippen LogP contribution in [0.1, 0.15) is 0 Å². The molecule has 27 heavy (non-hydrogen) atoms. The van der Waals surface area contributed by atoms with Crippen molar-refractivity contribution in [3.8, 4) is 33.7 Å². The average molecular weight is 377 g/mol. The lowest BCUT2D eigenvalue weighted by molar-refractivity contribution is 0.574. The lowest BCUT2D eigenvalue weighted by Crippen LogP contribution is -1.90. The fraction of sp³-hybridized carbons (Fsp3) is 0.0455. The molecule has 3 nitrogen and oxygen atoms in total. The zero-order valence-corrected chi connectivity index (χ0v) is 15.4. The SMILES string of the molecule is CS(=O)c1ccc(-c2ccc(-c3ncco3)cc2-c2ccc(F)cc2)cc1. The summed E-state index contributed by atoms with van der Waals surface area (Å²) in [5, 5.41) is 0. The van der Waals surface area contributed by atoms with Gasteiger partial charge in [0.25, 0.3) is 0 Å². The molecule has 1 aromatic heterocycles. The number of oxazole rings is 1. The summed E-state index contributed by atoms with van der Waals surface area (Å²) < 4.78 is 30.5. The third-order valence-electron chi connectivity index (χ3n) is 4.35. The number of rotatable bonds is 4. The van der Waals surface area contributed by atoms with Crippen LogP contribution in [0, 0.1) is 5.82 Å². The third-order valence-corrected chi connectivity index (χ3v) is 5.29. The van der Waals surface area contributed by atoms with Gasteiger partial charge in [-0.1, -0.05) is 30.3 Å². The standard InChI is InChI=1S/C22H16FNO2S/c1-27(25)19-9-4-15(5-10-19)20-11-6-17(22-24-12-13-26-22)14-21(20)16-2-7-18(23)8-3-16/h2-14H,1H3. The molecule has 0 N–H and O–H groups in total. The molecular weight excluding hydrogens is 361 g/mol. The molecule has 0 bridgehead atoms. The Hall–Kier alpha value is -3.05. The molecule has 0 radical (unpaired) electrons. The number of halogens is 1. The van der Waals surface area contributed by atoms with Crippen molar-refractivity contribution in [3.63, 3.8) is 0 Å². The molecule has 4 aromatic rings. The summed E-state index contributed by atoms with van der Waals surface area (Å²) in [7, 11) is -1.02. The van der Waals surface area contributed by atoms with Crippen molar-refractivity contribution in [1.29, 1.82) is 0 Å². The van der Waals surface area contributed by atoms with Crippen LogP contribution in [0.5, 0.6) is 0 Å². The molecule has 0 saturated heterocycles. The molecular formula is C22H16FNO2S. The normalized spacial score (nSPS) is 12.1. The second kappa shape index (κ2) is 7.29. The highest BCUT2D eigenvalue weighted by molar-refractivity contribution is 7.84. The molecule has 0 saturated carbocycles. The van der Waals surface area contributed by atoms with Gasteiger partial charge in [0, 0.05) is 27.5 Å². The van der Waals surface area contributed by atoms with E-state index in [1.165, 1.54) is 18.4 Å². The second-order valence-electron chi connectivity index (χ2n) is 6.08. The second-order valence-corrected chi connectivity index (χ2v) is 7.46. The van der Waals surface area contributed by atoms with Gasteiger partial charge in [-0.25, -0.2) is 9.37 Å². The van der Waals surface area contributed by atoms with Gasteiger partial charge in [0.1, 0.15) is 12.1 Å². The number of benzene rings is 3. The first-order valence-corrected chi connectivity index (χ1v) is 9.91. The highest BCUT2D eigenvalue weighted by atomic mass is 32.2. The van der Waals surface area contributed by atoms with Crippen molar-refractivity contribution in [1.82, 2.24) is 4.98 Å². The summed E-state index contributed by atoms with van der Waals surface area (Å²) >= 11 is 0. The van der Waals surface area contributed by atoms with Gasteiger partial charge >= 0.3 is 0 Å². The summed E-state index contributed by atoms with van der Waals surface area (Å²) in [5.74, 6) is 0.251. The van der Waals surface area contributed by atoms with E-state index in [2.05, 4.69) is 4.98 Å². The van der Waals surface area contributed by atoms with Crippen molar-refractivity contribution in [2.45, 2.75) is 4.90 Å². The maximum absolute atomic E-state index is 13.4. The molecule has 0 aliphatic heterocycles. The first-order chi connectivity index (χ1) is 13.1. The molecule has 0 spiro atoms. The molecule has 1 heterocycles. The number of hydrogen-bond donors (Lipinski definition) is 0. The molecule has 3 aromatic carbocycles. The van der Waals surface area contributed by atoms with Crippen LogP contribution in [0.4, 0.5) is 4.39 Å². The first-order valence-electron chi connectivity index (χ1n) is 8.35. The zero-order valence-electron chi connectivity index (χ0n) is 14.6. The lowest BCUT2D eigenvalue weighted by atomic mass is 9.93. The van der Waals surface area contributed by atoms with E-state index in [9.17, 15) is 8.60 Å².